The van der Waals surface area contributed by atoms with Gasteiger partial charge in [0, 0.05) is 17.6 Å². The van der Waals surface area contributed by atoms with E-state index in [4.69, 9.17) is 9.47 Å². The summed E-state index contributed by atoms with van der Waals surface area (Å²) in [5, 5.41) is 0.536. The Morgan fingerprint density at radius 2 is 1.93 bits per heavy atom. The molecule has 0 unspecified atom stereocenters. The first-order chi connectivity index (χ1) is 14.5. The number of amides is 1. The highest BCUT2D eigenvalue weighted by atomic mass is 16.6. The van der Waals surface area contributed by atoms with Gasteiger partial charge in [0.15, 0.2) is 0 Å². The van der Waals surface area contributed by atoms with E-state index in [0.717, 1.165) is 17.5 Å². The van der Waals surface area contributed by atoms with E-state index in [0.29, 0.717) is 16.8 Å². The van der Waals surface area contributed by atoms with Crippen molar-refractivity contribution in [2.45, 2.75) is 25.5 Å². The van der Waals surface area contributed by atoms with Crippen molar-refractivity contribution in [2.24, 2.45) is 0 Å². The summed E-state index contributed by atoms with van der Waals surface area (Å²) < 4.78 is 12.5. The Morgan fingerprint density at radius 1 is 1.13 bits per heavy atom. The highest BCUT2D eigenvalue weighted by molar-refractivity contribution is 6.09. The Bertz CT molecular complexity index is 1260. The first-order valence-electron chi connectivity index (χ1n) is 9.81. The Kier molecular flexibility index (Phi) is 4.13. The highest BCUT2D eigenvalue weighted by Gasteiger charge is 2.36. The van der Waals surface area contributed by atoms with Crippen LogP contribution in [0.2, 0.25) is 0 Å². The lowest BCUT2D eigenvalue weighted by atomic mass is 10.1. The second kappa shape index (κ2) is 6.73. The van der Waals surface area contributed by atoms with E-state index in [1.807, 2.05) is 16.7 Å². The van der Waals surface area contributed by atoms with Crippen LogP contribution in [0.5, 0.6) is 5.75 Å². The highest BCUT2D eigenvalue weighted by Crippen LogP contribution is 2.35. The van der Waals surface area contributed by atoms with Crippen molar-refractivity contribution >= 4 is 28.5 Å². The van der Waals surface area contributed by atoms with Gasteiger partial charge in [0.25, 0.3) is 5.91 Å². The number of hydrogen-bond donors (Lipinski definition) is 0. The molecule has 3 aromatic rings. The number of benzene rings is 2. The summed E-state index contributed by atoms with van der Waals surface area (Å²) in [7, 11) is 1.27. The van der Waals surface area contributed by atoms with Crippen LogP contribution >= 0.6 is 0 Å². The third-order valence-corrected chi connectivity index (χ3v) is 5.84. The maximum Gasteiger partial charge on any atom is 0.348 e. The van der Waals surface area contributed by atoms with Crippen molar-refractivity contribution in [3.8, 4) is 5.75 Å². The molecule has 7 nitrogen and oxygen atoms in total. The molecule has 0 bridgehead atoms. The first-order valence-corrected chi connectivity index (χ1v) is 9.81. The maximum absolute atomic E-state index is 13.6. The number of nitrogens with zero attached hydrogens (tertiary/aromatic N) is 2. The number of fused-ring (bicyclic) bond motifs is 1. The van der Waals surface area contributed by atoms with Crippen molar-refractivity contribution in [3.63, 3.8) is 0 Å². The molecule has 0 saturated heterocycles. The molecule has 1 aromatic heterocycles. The van der Waals surface area contributed by atoms with E-state index in [1.165, 1.54) is 12.0 Å². The van der Waals surface area contributed by atoms with E-state index < -0.39 is 18.0 Å². The lowest BCUT2D eigenvalue weighted by Gasteiger charge is -2.33. The fourth-order valence-electron chi connectivity index (χ4n) is 4.39. The van der Waals surface area contributed by atoms with E-state index in [1.54, 1.807) is 36.5 Å². The van der Waals surface area contributed by atoms with Gasteiger partial charge < -0.3 is 18.9 Å². The molecule has 2 aliphatic rings. The molecule has 7 heteroatoms. The van der Waals surface area contributed by atoms with Crippen LogP contribution in [0.4, 0.5) is 5.69 Å². The second-order valence-corrected chi connectivity index (χ2v) is 7.66. The summed E-state index contributed by atoms with van der Waals surface area (Å²) in [6, 6.07) is 12.7. The summed E-state index contributed by atoms with van der Waals surface area (Å²) in [5.41, 5.74) is 2.29. The Morgan fingerprint density at radius 3 is 2.73 bits per heavy atom. The molecule has 0 aliphatic carbocycles. The average molecular weight is 404 g/mol. The minimum atomic E-state index is -0.960. The molecule has 1 amide bonds. The summed E-state index contributed by atoms with van der Waals surface area (Å²) in [5.74, 6) is -0.636. The largest absolute Gasteiger partial charge is 0.475 e. The molecule has 2 aromatic carbocycles. The predicted octanol–water partition coefficient (Wildman–Crippen LogP) is 2.70. The van der Waals surface area contributed by atoms with E-state index in [-0.39, 0.29) is 23.6 Å². The van der Waals surface area contributed by atoms with Gasteiger partial charge in [-0.3, -0.25) is 9.59 Å². The van der Waals surface area contributed by atoms with Gasteiger partial charge in [0.2, 0.25) is 11.5 Å². The number of ether oxygens (including phenoxy) is 2. The van der Waals surface area contributed by atoms with Crippen LogP contribution < -0.4 is 15.1 Å². The quantitative estimate of drug-likeness (QED) is 0.614. The molecule has 30 heavy (non-hydrogen) atoms. The fraction of sp³-hybridized carbons (Fsp3) is 0.261. The van der Waals surface area contributed by atoms with Gasteiger partial charge in [-0.2, -0.15) is 0 Å². The molecule has 5 rings (SSSR count). The number of aromatic nitrogens is 1. The smallest absolute Gasteiger partial charge is 0.348 e. The molecule has 0 spiro atoms. The number of pyridine rings is 1. The van der Waals surface area contributed by atoms with Crippen LogP contribution in [0.15, 0.2) is 53.5 Å². The van der Waals surface area contributed by atoms with E-state index in [9.17, 15) is 14.4 Å². The molecular formula is C23H20N2O5. The zero-order valence-electron chi connectivity index (χ0n) is 16.6. The third kappa shape index (κ3) is 2.62. The average Bonchev–Trinajstić information content (AvgIpc) is 3.10. The molecular weight excluding hydrogens is 384 g/mol. The molecule has 0 fully saturated rings. The van der Waals surface area contributed by atoms with Gasteiger partial charge in [-0.25, -0.2) is 4.79 Å². The SMILES string of the molecule is COC(=O)[C@@H]1CN(C(=O)c2cn3c4c(cccc4c2=O)C[C@@H]3C)c2ccccc2O1. The van der Waals surface area contributed by atoms with Crippen LogP contribution in [-0.2, 0) is 16.0 Å². The molecule has 0 N–H and O–H groups in total. The molecule has 3 heterocycles. The number of carbonyl (C=O) groups excluding carboxylic acids is 2. The first kappa shape index (κ1) is 18.4. The number of esters is 1. The minimum absolute atomic E-state index is 0.0322. The van der Waals surface area contributed by atoms with Crippen molar-refractivity contribution in [1.82, 2.24) is 4.57 Å². The van der Waals surface area contributed by atoms with Crippen LogP contribution in [0.3, 0.4) is 0 Å². The minimum Gasteiger partial charge on any atom is -0.475 e. The number of carbonyl (C=O) groups is 2. The summed E-state index contributed by atoms with van der Waals surface area (Å²) >= 11 is 0. The lowest BCUT2D eigenvalue weighted by molar-refractivity contribution is -0.148. The van der Waals surface area contributed by atoms with Crippen LogP contribution in [0, 0.1) is 0 Å². The molecule has 0 radical (unpaired) electrons. The number of anilines is 1. The second-order valence-electron chi connectivity index (χ2n) is 7.66. The zero-order chi connectivity index (χ0) is 21.0. The summed E-state index contributed by atoms with van der Waals surface area (Å²) in [4.78, 5) is 40.4. The number of para-hydroxylation sites is 3. The number of rotatable bonds is 2. The van der Waals surface area contributed by atoms with Crippen LogP contribution in [0.25, 0.3) is 10.9 Å². The lowest BCUT2D eigenvalue weighted by Crippen LogP contribution is -2.48. The van der Waals surface area contributed by atoms with Gasteiger partial charge in [-0.1, -0.05) is 24.3 Å². The van der Waals surface area contributed by atoms with Crippen molar-refractivity contribution < 1.29 is 19.1 Å². The zero-order valence-corrected chi connectivity index (χ0v) is 16.6. The van der Waals surface area contributed by atoms with Gasteiger partial charge >= 0.3 is 5.97 Å². The van der Waals surface area contributed by atoms with Crippen LogP contribution in [-0.4, -0.2) is 36.2 Å². The topological polar surface area (TPSA) is 77.8 Å². The normalized spacial score (nSPS) is 19.3. The number of methoxy groups -OCH3 is 1. The van der Waals surface area contributed by atoms with Crippen molar-refractivity contribution in [1.29, 1.82) is 0 Å². The fourth-order valence-corrected chi connectivity index (χ4v) is 4.39. The van der Waals surface area contributed by atoms with E-state index >= 15 is 0 Å². The molecule has 2 atom stereocenters. The Balaban J connectivity index is 1.65. The van der Waals surface area contributed by atoms with Gasteiger partial charge in [-0.15, -0.1) is 0 Å². The maximum atomic E-state index is 13.6. The Labute approximate surface area is 172 Å². The van der Waals surface area contributed by atoms with Gasteiger partial charge in [0.1, 0.15) is 11.3 Å². The van der Waals surface area contributed by atoms with E-state index in [2.05, 4.69) is 6.92 Å². The Hall–Kier alpha value is -3.61. The standard InChI is InChI=1S/C23H20N2O5/c1-13-10-14-6-5-7-15-20(14)24(13)11-16(21(15)26)22(27)25-12-19(23(28)29-2)30-18-9-4-3-8-17(18)25/h3-9,11,13,19H,10,12H2,1-2H3/t13-,19-/m0/s1. The molecule has 152 valence electrons. The molecule has 0 saturated carbocycles. The predicted molar refractivity (Wildman–Crippen MR) is 111 cm³/mol. The van der Waals surface area contributed by atoms with Crippen LogP contribution in [0.1, 0.15) is 28.9 Å². The summed E-state index contributed by atoms with van der Waals surface area (Å²) in [6.07, 6.45) is 1.51. The molecule has 2 aliphatic heterocycles. The van der Waals surface area contributed by atoms with Gasteiger partial charge in [-0.05, 0) is 37.1 Å². The van der Waals surface area contributed by atoms with Crippen molar-refractivity contribution in [3.05, 3.63) is 70.0 Å². The van der Waals surface area contributed by atoms with Gasteiger partial charge in [0.05, 0.1) is 24.9 Å². The monoisotopic (exact) mass is 404 g/mol. The third-order valence-electron chi connectivity index (χ3n) is 5.84. The number of hydrogen-bond acceptors (Lipinski definition) is 5. The van der Waals surface area contributed by atoms with Crippen molar-refractivity contribution in [2.75, 3.05) is 18.6 Å². The summed E-state index contributed by atoms with van der Waals surface area (Å²) in [6.45, 7) is 2.03.